The van der Waals surface area contributed by atoms with Gasteiger partial charge in [0.2, 0.25) is 0 Å². The molecule has 1 aliphatic rings. The van der Waals surface area contributed by atoms with Crippen LogP contribution in [-0.4, -0.2) is 10.4 Å². The summed E-state index contributed by atoms with van der Waals surface area (Å²) in [6, 6.07) is 12.8. The summed E-state index contributed by atoms with van der Waals surface area (Å²) in [5.74, 6) is 0.295. The molecule has 2 aromatic rings. The van der Waals surface area contributed by atoms with Crippen LogP contribution in [0.15, 0.2) is 36.4 Å². The summed E-state index contributed by atoms with van der Waals surface area (Å²) in [6.45, 7) is 8.70. The Morgan fingerprint density at radius 2 is 1.81 bits per heavy atom. The molecule has 0 saturated heterocycles. The minimum absolute atomic E-state index is 0.0586. The zero-order valence-corrected chi connectivity index (χ0v) is 13.3. The molecule has 110 valence electrons. The van der Waals surface area contributed by atoms with Gasteiger partial charge in [-0.2, -0.15) is 0 Å². The van der Waals surface area contributed by atoms with E-state index in [0.29, 0.717) is 12.2 Å². The lowest BCUT2D eigenvalue weighted by atomic mass is 9.76. The summed E-state index contributed by atoms with van der Waals surface area (Å²) < 4.78 is 2.35. The number of fused-ring (bicyclic) bond motifs is 1. The average Bonchev–Trinajstić information content (AvgIpc) is 2.74. The van der Waals surface area contributed by atoms with Crippen LogP contribution in [0.4, 0.5) is 0 Å². The zero-order chi connectivity index (χ0) is 15.2. The molecule has 0 N–H and O–H groups in total. The van der Waals surface area contributed by atoms with Gasteiger partial charge >= 0.3 is 0 Å². The van der Waals surface area contributed by atoms with Gasteiger partial charge in [-0.3, -0.25) is 4.79 Å². The maximum absolute atomic E-state index is 12.4. The average molecular weight is 281 g/mol. The fraction of sp³-hybridized carbons (Fsp3) is 0.421. The molecule has 0 radical (unpaired) electrons. The molecule has 0 bridgehead atoms. The van der Waals surface area contributed by atoms with Crippen LogP contribution in [0.5, 0.6) is 0 Å². The molecule has 0 aliphatic heterocycles. The van der Waals surface area contributed by atoms with Crippen molar-refractivity contribution in [2.75, 3.05) is 0 Å². The van der Waals surface area contributed by atoms with Crippen LogP contribution in [0.1, 0.15) is 60.5 Å². The lowest BCUT2D eigenvalue weighted by molar-refractivity contribution is 0.0909. The van der Waals surface area contributed by atoms with E-state index in [1.165, 1.54) is 17.0 Å². The number of aryl methyl sites for hydroxylation is 1. The Morgan fingerprint density at radius 3 is 2.48 bits per heavy atom. The normalized spacial score (nSPS) is 18.4. The first-order valence-corrected chi connectivity index (χ1v) is 7.68. The number of nitrogens with zero attached hydrogens (tertiary/aromatic N) is 1. The van der Waals surface area contributed by atoms with E-state index in [4.69, 9.17) is 0 Å². The van der Waals surface area contributed by atoms with Gasteiger partial charge in [0.1, 0.15) is 0 Å². The van der Waals surface area contributed by atoms with Crippen molar-refractivity contribution in [3.63, 3.8) is 0 Å². The monoisotopic (exact) mass is 281 g/mol. The second kappa shape index (κ2) is 4.87. The summed E-state index contributed by atoms with van der Waals surface area (Å²) in [4.78, 5) is 12.4. The van der Waals surface area contributed by atoms with Crippen molar-refractivity contribution >= 4 is 5.78 Å². The molecule has 3 rings (SSSR count). The number of hydrogen-bond acceptors (Lipinski definition) is 1. The van der Waals surface area contributed by atoms with Gasteiger partial charge in [-0.05, 0) is 37.3 Å². The lowest BCUT2D eigenvalue weighted by Crippen LogP contribution is -2.28. The van der Waals surface area contributed by atoms with Crippen molar-refractivity contribution in [2.45, 2.75) is 46.6 Å². The van der Waals surface area contributed by atoms with Gasteiger partial charge in [-0.1, -0.05) is 44.2 Å². The Morgan fingerprint density at radius 1 is 1.14 bits per heavy atom. The highest BCUT2D eigenvalue weighted by molar-refractivity contribution is 5.99. The lowest BCUT2D eigenvalue weighted by Gasteiger charge is -2.31. The van der Waals surface area contributed by atoms with Crippen molar-refractivity contribution in [3.8, 4) is 0 Å². The third kappa shape index (κ3) is 2.44. The van der Waals surface area contributed by atoms with E-state index in [1.807, 2.05) is 6.07 Å². The first-order valence-electron chi connectivity index (χ1n) is 7.68. The highest BCUT2D eigenvalue weighted by Crippen LogP contribution is 2.38. The first kappa shape index (κ1) is 14.1. The Labute approximate surface area is 126 Å². The standard InChI is InChI=1S/C19H23NO/c1-13-10-16-17(11-19(3,4)12-18(16)21)20(13)14(2)15-8-6-5-7-9-15/h5-10,14H,11-12H2,1-4H3. The number of hydrogen-bond donors (Lipinski definition) is 0. The molecule has 1 aromatic carbocycles. The maximum Gasteiger partial charge on any atom is 0.165 e. The largest absolute Gasteiger partial charge is 0.341 e. The number of benzene rings is 1. The van der Waals surface area contributed by atoms with Gasteiger partial charge in [0.05, 0.1) is 6.04 Å². The van der Waals surface area contributed by atoms with Crippen LogP contribution in [0, 0.1) is 12.3 Å². The van der Waals surface area contributed by atoms with E-state index >= 15 is 0 Å². The minimum atomic E-state index is 0.0586. The SMILES string of the molecule is Cc1cc2c(n1C(C)c1ccccc1)CC(C)(C)CC2=O. The number of carbonyl (C=O) groups excluding carboxylic acids is 1. The van der Waals surface area contributed by atoms with Crippen LogP contribution >= 0.6 is 0 Å². The number of carbonyl (C=O) groups is 1. The first-order chi connectivity index (χ1) is 9.89. The van der Waals surface area contributed by atoms with Crippen molar-refractivity contribution < 1.29 is 4.79 Å². The van der Waals surface area contributed by atoms with Crippen LogP contribution in [-0.2, 0) is 6.42 Å². The Kier molecular flexibility index (Phi) is 3.27. The molecule has 0 spiro atoms. The second-order valence-electron chi connectivity index (χ2n) is 7.04. The van der Waals surface area contributed by atoms with Crippen molar-refractivity contribution in [3.05, 3.63) is 58.9 Å². The molecule has 0 saturated carbocycles. The van der Waals surface area contributed by atoms with E-state index in [9.17, 15) is 4.79 Å². The number of Topliss-reactive ketones (excluding diaryl/α,β-unsaturated/α-hetero) is 1. The zero-order valence-electron chi connectivity index (χ0n) is 13.3. The Balaban J connectivity index is 2.11. The van der Waals surface area contributed by atoms with E-state index in [-0.39, 0.29) is 11.5 Å². The summed E-state index contributed by atoms with van der Waals surface area (Å²) in [5, 5.41) is 0. The summed E-state index contributed by atoms with van der Waals surface area (Å²) in [7, 11) is 0. The summed E-state index contributed by atoms with van der Waals surface area (Å²) >= 11 is 0. The maximum atomic E-state index is 12.4. The van der Waals surface area contributed by atoms with Crippen LogP contribution < -0.4 is 0 Å². The third-order valence-electron chi connectivity index (χ3n) is 4.59. The number of aromatic nitrogens is 1. The molecule has 2 nitrogen and oxygen atoms in total. The van der Waals surface area contributed by atoms with E-state index in [1.54, 1.807) is 0 Å². The van der Waals surface area contributed by atoms with E-state index in [0.717, 1.165) is 12.0 Å². The van der Waals surface area contributed by atoms with Crippen molar-refractivity contribution in [1.29, 1.82) is 0 Å². The summed E-state index contributed by atoms with van der Waals surface area (Å²) in [5.41, 5.74) is 4.68. The molecular weight excluding hydrogens is 258 g/mol. The van der Waals surface area contributed by atoms with Gasteiger partial charge in [0.15, 0.2) is 5.78 Å². The quantitative estimate of drug-likeness (QED) is 0.791. The Hall–Kier alpha value is -1.83. The molecule has 1 atom stereocenters. The molecule has 1 heterocycles. The highest BCUT2D eigenvalue weighted by atomic mass is 16.1. The molecule has 2 heteroatoms. The van der Waals surface area contributed by atoms with E-state index in [2.05, 4.69) is 62.6 Å². The van der Waals surface area contributed by atoms with Crippen LogP contribution in [0.2, 0.25) is 0 Å². The smallest absolute Gasteiger partial charge is 0.165 e. The molecule has 1 aliphatic carbocycles. The second-order valence-corrected chi connectivity index (χ2v) is 7.04. The van der Waals surface area contributed by atoms with Crippen molar-refractivity contribution in [2.24, 2.45) is 5.41 Å². The molecular formula is C19H23NO. The van der Waals surface area contributed by atoms with Crippen LogP contribution in [0.25, 0.3) is 0 Å². The topological polar surface area (TPSA) is 22.0 Å². The van der Waals surface area contributed by atoms with Crippen molar-refractivity contribution in [1.82, 2.24) is 4.57 Å². The third-order valence-corrected chi connectivity index (χ3v) is 4.59. The molecule has 0 amide bonds. The van der Waals surface area contributed by atoms with Gasteiger partial charge in [-0.15, -0.1) is 0 Å². The predicted molar refractivity (Wildman–Crippen MR) is 85.9 cm³/mol. The predicted octanol–water partition coefficient (Wildman–Crippen LogP) is 4.56. The highest BCUT2D eigenvalue weighted by Gasteiger charge is 2.34. The van der Waals surface area contributed by atoms with Gasteiger partial charge < -0.3 is 4.57 Å². The Bertz CT molecular complexity index is 679. The van der Waals surface area contributed by atoms with Gasteiger partial charge in [0.25, 0.3) is 0 Å². The molecule has 1 aromatic heterocycles. The fourth-order valence-electron chi connectivity index (χ4n) is 3.59. The molecule has 21 heavy (non-hydrogen) atoms. The van der Waals surface area contributed by atoms with Gasteiger partial charge in [-0.25, -0.2) is 0 Å². The summed E-state index contributed by atoms with van der Waals surface area (Å²) in [6.07, 6.45) is 1.63. The number of ketones is 1. The minimum Gasteiger partial charge on any atom is -0.341 e. The molecule has 1 unspecified atom stereocenters. The van der Waals surface area contributed by atoms with Crippen LogP contribution in [0.3, 0.4) is 0 Å². The van der Waals surface area contributed by atoms with E-state index < -0.39 is 0 Å². The molecule has 0 fully saturated rings. The fourth-order valence-corrected chi connectivity index (χ4v) is 3.59. The van der Waals surface area contributed by atoms with Gasteiger partial charge in [0, 0.05) is 23.4 Å². The number of rotatable bonds is 2.